The van der Waals surface area contributed by atoms with Crippen molar-refractivity contribution in [2.45, 2.75) is 6.42 Å². The Bertz CT molecular complexity index is 938. The molecular weight excluding hydrogens is 471 g/mol. The first-order chi connectivity index (χ1) is 13.3. The van der Waals surface area contributed by atoms with Gasteiger partial charge in [-0.2, -0.15) is 0 Å². The SMILES string of the molecule is O=C(COC(=O)[C@H]1CC(=O)N(c2ccccc2Cl)C1)Nc1ccc(Br)cc1Cl. The zero-order chi connectivity index (χ0) is 20.3. The average molecular weight is 486 g/mol. The predicted octanol–water partition coefficient (Wildman–Crippen LogP) is 4.29. The van der Waals surface area contributed by atoms with Crippen LogP contribution in [0.5, 0.6) is 0 Å². The van der Waals surface area contributed by atoms with E-state index in [0.717, 1.165) is 4.47 Å². The number of benzene rings is 2. The molecule has 0 spiro atoms. The maximum atomic E-state index is 12.3. The summed E-state index contributed by atoms with van der Waals surface area (Å²) in [6.07, 6.45) is 0.00418. The molecule has 28 heavy (non-hydrogen) atoms. The van der Waals surface area contributed by atoms with Gasteiger partial charge in [-0.25, -0.2) is 0 Å². The number of amides is 2. The molecule has 146 valence electrons. The summed E-state index contributed by atoms with van der Waals surface area (Å²) in [5.74, 6) is -2.02. The Morgan fingerprint density at radius 1 is 1.18 bits per heavy atom. The molecule has 0 unspecified atom stereocenters. The van der Waals surface area contributed by atoms with Gasteiger partial charge in [0.1, 0.15) is 0 Å². The van der Waals surface area contributed by atoms with E-state index in [4.69, 9.17) is 27.9 Å². The smallest absolute Gasteiger partial charge is 0.311 e. The quantitative estimate of drug-likeness (QED) is 0.641. The van der Waals surface area contributed by atoms with Crippen LogP contribution in [0.25, 0.3) is 0 Å². The molecule has 1 N–H and O–H groups in total. The number of carbonyl (C=O) groups is 3. The monoisotopic (exact) mass is 484 g/mol. The van der Waals surface area contributed by atoms with Crippen LogP contribution < -0.4 is 10.2 Å². The second kappa shape index (κ2) is 8.94. The van der Waals surface area contributed by atoms with E-state index in [1.54, 1.807) is 42.5 Å². The third-order valence-electron chi connectivity index (χ3n) is 4.15. The van der Waals surface area contributed by atoms with E-state index in [0.29, 0.717) is 21.4 Å². The van der Waals surface area contributed by atoms with Gasteiger partial charge in [-0.05, 0) is 30.3 Å². The van der Waals surface area contributed by atoms with Crippen molar-refractivity contribution in [3.63, 3.8) is 0 Å². The van der Waals surface area contributed by atoms with Crippen molar-refractivity contribution in [2.75, 3.05) is 23.4 Å². The van der Waals surface area contributed by atoms with E-state index in [-0.39, 0.29) is 18.9 Å². The Morgan fingerprint density at radius 2 is 1.93 bits per heavy atom. The summed E-state index contributed by atoms with van der Waals surface area (Å²) < 4.78 is 5.85. The topological polar surface area (TPSA) is 75.7 Å². The van der Waals surface area contributed by atoms with Crippen LogP contribution in [0.1, 0.15) is 6.42 Å². The lowest BCUT2D eigenvalue weighted by molar-refractivity contribution is -0.151. The Balaban J connectivity index is 1.54. The van der Waals surface area contributed by atoms with Crippen molar-refractivity contribution in [2.24, 2.45) is 5.92 Å². The van der Waals surface area contributed by atoms with Crippen LogP contribution in [0.3, 0.4) is 0 Å². The molecule has 2 aromatic rings. The molecule has 0 bridgehead atoms. The van der Waals surface area contributed by atoms with E-state index < -0.39 is 24.4 Å². The molecule has 0 saturated carbocycles. The molecule has 1 saturated heterocycles. The fourth-order valence-corrected chi connectivity index (χ4v) is 3.76. The number of hydrogen-bond donors (Lipinski definition) is 1. The first kappa shape index (κ1) is 20.6. The Labute approximate surface area is 179 Å². The summed E-state index contributed by atoms with van der Waals surface area (Å²) in [5, 5.41) is 3.35. The summed E-state index contributed by atoms with van der Waals surface area (Å²) >= 11 is 15.4. The van der Waals surface area contributed by atoms with Crippen molar-refractivity contribution in [1.82, 2.24) is 0 Å². The molecule has 1 heterocycles. The van der Waals surface area contributed by atoms with Gasteiger partial charge < -0.3 is 15.0 Å². The molecule has 9 heteroatoms. The largest absolute Gasteiger partial charge is 0.455 e. The number of esters is 1. The molecule has 0 aromatic heterocycles. The van der Waals surface area contributed by atoms with Crippen LogP contribution in [0.15, 0.2) is 46.9 Å². The van der Waals surface area contributed by atoms with Gasteiger partial charge in [-0.1, -0.05) is 51.3 Å². The molecule has 1 aliphatic heterocycles. The van der Waals surface area contributed by atoms with E-state index in [2.05, 4.69) is 21.2 Å². The fraction of sp³-hybridized carbons (Fsp3) is 0.211. The van der Waals surface area contributed by atoms with E-state index in [9.17, 15) is 14.4 Å². The number of nitrogens with zero attached hydrogens (tertiary/aromatic N) is 1. The van der Waals surface area contributed by atoms with Crippen LogP contribution in [0.2, 0.25) is 10.0 Å². The zero-order valence-corrected chi connectivity index (χ0v) is 17.6. The van der Waals surface area contributed by atoms with Crippen molar-refractivity contribution < 1.29 is 19.1 Å². The lowest BCUT2D eigenvalue weighted by atomic mass is 10.1. The molecule has 6 nitrogen and oxygen atoms in total. The van der Waals surface area contributed by atoms with Crippen LogP contribution >= 0.6 is 39.1 Å². The van der Waals surface area contributed by atoms with Gasteiger partial charge in [-0.3, -0.25) is 14.4 Å². The highest BCUT2D eigenvalue weighted by Crippen LogP contribution is 2.31. The van der Waals surface area contributed by atoms with Gasteiger partial charge >= 0.3 is 5.97 Å². The highest BCUT2D eigenvalue weighted by atomic mass is 79.9. The lowest BCUT2D eigenvalue weighted by Crippen LogP contribution is -2.28. The minimum atomic E-state index is -0.659. The van der Waals surface area contributed by atoms with Crippen molar-refractivity contribution in [3.8, 4) is 0 Å². The molecule has 1 aliphatic rings. The molecule has 3 rings (SSSR count). The van der Waals surface area contributed by atoms with E-state index in [1.807, 2.05) is 0 Å². The Morgan fingerprint density at radius 3 is 2.64 bits per heavy atom. The minimum Gasteiger partial charge on any atom is -0.455 e. The number of carbonyl (C=O) groups excluding carboxylic acids is 3. The summed E-state index contributed by atoms with van der Waals surface area (Å²) in [6.45, 7) is -0.316. The number of ether oxygens (including phenoxy) is 1. The number of nitrogens with one attached hydrogen (secondary N) is 1. The summed E-state index contributed by atoms with van der Waals surface area (Å²) in [5.41, 5.74) is 0.957. The predicted molar refractivity (Wildman–Crippen MR) is 111 cm³/mol. The Hall–Kier alpha value is -2.09. The van der Waals surface area contributed by atoms with E-state index >= 15 is 0 Å². The highest BCUT2D eigenvalue weighted by molar-refractivity contribution is 9.10. The van der Waals surface area contributed by atoms with Gasteiger partial charge in [0.2, 0.25) is 5.91 Å². The average Bonchev–Trinajstić information content (AvgIpc) is 3.04. The van der Waals surface area contributed by atoms with Gasteiger partial charge in [0.05, 0.1) is 27.3 Å². The number of hydrogen-bond acceptors (Lipinski definition) is 4. The third kappa shape index (κ3) is 4.84. The third-order valence-corrected chi connectivity index (χ3v) is 5.28. The Kier molecular flexibility index (Phi) is 6.59. The number of para-hydroxylation sites is 1. The van der Waals surface area contributed by atoms with E-state index in [1.165, 1.54) is 4.90 Å². The molecule has 1 atom stereocenters. The molecule has 0 aliphatic carbocycles. The first-order valence-corrected chi connectivity index (χ1v) is 9.86. The van der Waals surface area contributed by atoms with Crippen LogP contribution in [-0.4, -0.2) is 30.9 Å². The number of rotatable bonds is 5. The van der Waals surface area contributed by atoms with Crippen molar-refractivity contribution >= 4 is 68.3 Å². The van der Waals surface area contributed by atoms with Crippen LogP contribution in [0, 0.1) is 5.92 Å². The zero-order valence-electron chi connectivity index (χ0n) is 14.5. The van der Waals surface area contributed by atoms with Crippen molar-refractivity contribution in [3.05, 3.63) is 57.0 Å². The standard InChI is InChI=1S/C19H15BrCl2N2O4/c20-12-5-6-15(14(22)8-12)23-17(25)10-28-19(27)11-7-18(26)24(9-11)16-4-2-1-3-13(16)21/h1-6,8,11H,7,9-10H2,(H,23,25)/t11-/m0/s1. The number of halogens is 3. The van der Waals surface area contributed by atoms with Gasteiger partial charge in [0, 0.05) is 17.4 Å². The fourth-order valence-electron chi connectivity index (χ4n) is 2.80. The normalized spacial score (nSPS) is 16.2. The van der Waals surface area contributed by atoms with Gasteiger partial charge in [0.25, 0.3) is 5.91 Å². The maximum Gasteiger partial charge on any atom is 0.311 e. The maximum absolute atomic E-state index is 12.3. The second-order valence-electron chi connectivity index (χ2n) is 6.14. The minimum absolute atomic E-state index is 0.00418. The van der Waals surface area contributed by atoms with Crippen LogP contribution in [0.4, 0.5) is 11.4 Å². The van der Waals surface area contributed by atoms with Crippen molar-refractivity contribution in [1.29, 1.82) is 0 Å². The summed E-state index contributed by atoms with van der Waals surface area (Å²) in [7, 11) is 0. The van der Waals surface area contributed by atoms with Crippen LogP contribution in [-0.2, 0) is 19.1 Å². The molecule has 1 fully saturated rings. The second-order valence-corrected chi connectivity index (χ2v) is 7.87. The van der Waals surface area contributed by atoms with Gasteiger partial charge in [0.15, 0.2) is 6.61 Å². The molecule has 2 amide bonds. The molecular formula is C19H15BrCl2N2O4. The molecule has 0 radical (unpaired) electrons. The lowest BCUT2D eigenvalue weighted by Gasteiger charge is -2.17. The highest BCUT2D eigenvalue weighted by Gasteiger charge is 2.37. The molecule has 2 aromatic carbocycles. The summed E-state index contributed by atoms with van der Waals surface area (Å²) in [4.78, 5) is 38.0. The first-order valence-electron chi connectivity index (χ1n) is 8.31. The van der Waals surface area contributed by atoms with Gasteiger partial charge in [-0.15, -0.1) is 0 Å². The summed E-state index contributed by atoms with van der Waals surface area (Å²) in [6, 6.07) is 11.9. The number of anilines is 2.